The molecule has 1 aromatic rings. The van der Waals surface area contributed by atoms with Crippen LogP contribution in [0, 0.1) is 10.1 Å². The predicted octanol–water partition coefficient (Wildman–Crippen LogP) is 0.455. The van der Waals surface area contributed by atoms with E-state index in [0.717, 1.165) is 19.2 Å². The molecule has 6 heteroatoms. The summed E-state index contributed by atoms with van der Waals surface area (Å²) in [5, 5.41) is 21.3. The Balaban J connectivity index is 3.19. The van der Waals surface area contributed by atoms with E-state index in [0.29, 0.717) is 0 Å². The lowest BCUT2D eigenvalue weighted by molar-refractivity contribution is -0.398. The molecule has 0 aliphatic carbocycles. The maximum absolute atomic E-state index is 11.0. The van der Waals surface area contributed by atoms with E-state index < -0.39 is 22.3 Å². The molecule has 0 spiro atoms. The van der Waals surface area contributed by atoms with Crippen molar-refractivity contribution in [2.24, 2.45) is 0 Å². The summed E-state index contributed by atoms with van der Waals surface area (Å²) in [7, 11) is 1.15. The van der Waals surface area contributed by atoms with Crippen molar-refractivity contribution in [1.82, 2.24) is 0 Å². The minimum atomic E-state index is -0.839. The number of esters is 1. The molecular weight excluding hydrogens is 190 g/mol. The van der Waals surface area contributed by atoms with Crippen molar-refractivity contribution in [2.45, 2.75) is 0 Å². The van der Waals surface area contributed by atoms with Crippen LogP contribution in [0.1, 0.15) is 10.4 Å². The van der Waals surface area contributed by atoms with Crippen molar-refractivity contribution in [2.75, 3.05) is 7.11 Å². The summed E-state index contributed by atoms with van der Waals surface area (Å²) in [4.78, 5) is 20.5. The Morgan fingerprint density at radius 2 is 2.14 bits per heavy atom. The second kappa shape index (κ2) is 3.73. The van der Waals surface area contributed by atoms with Gasteiger partial charge in [-0.15, -0.1) is 0 Å². The molecule has 14 heavy (non-hydrogen) atoms. The number of hydrogen-bond donors (Lipinski definition) is 0. The maximum atomic E-state index is 11.0. The molecule has 0 unspecified atom stereocenters. The number of hydrogen-bond acceptors (Lipinski definition) is 5. The van der Waals surface area contributed by atoms with Gasteiger partial charge in [-0.3, -0.25) is 10.1 Å². The zero-order chi connectivity index (χ0) is 10.7. The van der Waals surface area contributed by atoms with Crippen LogP contribution in [0.5, 0.6) is 5.75 Å². The third-order valence-electron chi connectivity index (χ3n) is 1.58. The van der Waals surface area contributed by atoms with Gasteiger partial charge in [0.1, 0.15) is 0 Å². The number of carbonyl (C=O) groups excluding carboxylic acids is 1. The van der Waals surface area contributed by atoms with Crippen LogP contribution in [0.15, 0.2) is 18.2 Å². The van der Waals surface area contributed by atoms with Gasteiger partial charge in [-0.25, -0.2) is 4.79 Å². The van der Waals surface area contributed by atoms with Crippen LogP contribution < -0.4 is 5.11 Å². The van der Waals surface area contributed by atoms with Crippen molar-refractivity contribution in [1.29, 1.82) is 0 Å². The fraction of sp³-hybridized carbons (Fsp3) is 0.125. The maximum Gasteiger partial charge on any atom is 0.338 e. The number of benzene rings is 1. The summed E-state index contributed by atoms with van der Waals surface area (Å²) in [5.74, 6) is -1.45. The molecule has 0 N–H and O–H groups in total. The van der Waals surface area contributed by atoms with Crippen molar-refractivity contribution in [3.05, 3.63) is 33.9 Å². The second-order valence-corrected chi connectivity index (χ2v) is 2.43. The number of nitro benzene ring substituents is 1. The highest BCUT2D eigenvalue weighted by atomic mass is 16.6. The van der Waals surface area contributed by atoms with Crippen LogP contribution in [0.25, 0.3) is 0 Å². The molecule has 0 aliphatic heterocycles. The Morgan fingerprint density at radius 1 is 1.50 bits per heavy atom. The van der Waals surface area contributed by atoms with Crippen LogP contribution >= 0.6 is 0 Å². The van der Waals surface area contributed by atoms with Gasteiger partial charge < -0.3 is 9.84 Å². The highest BCUT2D eigenvalue weighted by molar-refractivity contribution is 5.90. The molecule has 0 amide bonds. The summed E-state index contributed by atoms with van der Waals surface area (Å²) in [5.41, 5.74) is -0.647. The molecule has 0 aromatic heterocycles. The fourth-order valence-corrected chi connectivity index (χ4v) is 0.905. The molecule has 0 saturated carbocycles. The van der Waals surface area contributed by atoms with Gasteiger partial charge in [0.2, 0.25) is 0 Å². The first-order valence-corrected chi connectivity index (χ1v) is 3.60. The highest BCUT2D eigenvalue weighted by Crippen LogP contribution is 2.23. The monoisotopic (exact) mass is 196 g/mol. The third kappa shape index (κ3) is 1.79. The minimum Gasteiger partial charge on any atom is -0.868 e. The van der Waals surface area contributed by atoms with Gasteiger partial charge >= 0.3 is 5.97 Å². The van der Waals surface area contributed by atoms with E-state index in [1.165, 1.54) is 6.07 Å². The molecule has 0 heterocycles. The second-order valence-electron chi connectivity index (χ2n) is 2.43. The number of nitro groups is 1. The zero-order valence-corrected chi connectivity index (χ0v) is 7.22. The van der Waals surface area contributed by atoms with E-state index in [-0.39, 0.29) is 5.56 Å². The van der Waals surface area contributed by atoms with Gasteiger partial charge in [0.15, 0.2) is 0 Å². The minimum absolute atomic E-state index is 0.0150. The average molecular weight is 196 g/mol. The Labute approximate surface area is 78.9 Å². The quantitative estimate of drug-likeness (QED) is 0.389. The Morgan fingerprint density at radius 3 is 2.64 bits per heavy atom. The SMILES string of the molecule is COC(=O)c1ccc([O-])c([N+](=O)[O-])c1. The molecule has 0 fully saturated rings. The van der Waals surface area contributed by atoms with Gasteiger partial charge in [-0.05, 0) is 11.8 Å². The first-order chi connectivity index (χ1) is 6.56. The van der Waals surface area contributed by atoms with Crippen molar-refractivity contribution < 1.29 is 19.6 Å². The Bertz CT molecular complexity index is 387. The molecule has 0 radical (unpaired) electrons. The van der Waals surface area contributed by atoms with Crippen LogP contribution in [-0.4, -0.2) is 18.0 Å². The van der Waals surface area contributed by atoms with E-state index >= 15 is 0 Å². The lowest BCUT2D eigenvalue weighted by atomic mass is 10.2. The molecule has 0 aliphatic rings. The van der Waals surface area contributed by atoms with E-state index in [4.69, 9.17) is 0 Å². The number of rotatable bonds is 2. The van der Waals surface area contributed by atoms with Crippen LogP contribution in [-0.2, 0) is 4.74 Å². The largest absolute Gasteiger partial charge is 0.868 e. The number of carbonyl (C=O) groups is 1. The summed E-state index contributed by atoms with van der Waals surface area (Å²) in [6, 6.07) is 3.04. The highest BCUT2D eigenvalue weighted by Gasteiger charge is 2.12. The van der Waals surface area contributed by atoms with Crippen LogP contribution in [0.2, 0.25) is 0 Å². The predicted molar refractivity (Wildman–Crippen MR) is 43.9 cm³/mol. The molecule has 1 rings (SSSR count). The Hall–Kier alpha value is -2.11. The molecular formula is C8H6NO5-. The van der Waals surface area contributed by atoms with E-state index in [1.54, 1.807) is 0 Å². The first-order valence-electron chi connectivity index (χ1n) is 3.60. The van der Waals surface area contributed by atoms with Crippen LogP contribution in [0.3, 0.4) is 0 Å². The summed E-state index contributed by atoms with van der Waals surface area (Å²) >= 11 is 0. The molecule has 1 aromatic carbocycles. The number of ether oxygens (including phenoxy) is 1. The van der Waals surface area contributed by atoms with Crippen molar-refractivity contribution >= 4 is 11.7 Å². The number of methoxy groups -OCH3 is 1. The topological polar surface area (TPSA) is 92.5 Å². The zero-order valence-electron chi connectivity index (χ0n) is 7.22. The third-order valence-corrected chi connectivity index (χ3v) is 1.58. The Kier molecular flexibility index (Phi) is 2.66. The molecule has 6 nitrogen and oxygen atoms in total. The van der Waals surface area contributed by atoms with E-state index in [1.807, 2.05) is 0 Å². The molecule has 0 bridgehead atoms. The lowest BCUT2D eigenvalue weighted by Gasteiger charge is -2.06. The van der Waals surface area contributed by atoms with Crippen molar-refractivity contribution in [3.8, 4) is 5.75 Å². The average Bonchev–Trinajstić information content (AvgIpc) is 2.17. The van der Waals surface area contributed by atoms with Crippen molar-refractivity contribution in [3.63, 3.8) is 0 Å². The van der Waals surface area contributed by atoms with E-state index in [9.17, 15) is 20.0 Å². The van der Waals surface area contributed by atoms with Gasteiger partial charge in [0, 0.05) is 6.07 Å². The van der Waals surface area contributed by atoms with Crippen LogP contribution in [0.4, 0.5) is 5.69 Å². The van der Waals surface area contributed by atoms with Gasteiger partial charge in [-0.2, -0.15) is 0 Å². The molecule has 74 valence electrons. The fourth-order valence-electron chi connectivity index (χ4n) is 0.905. The summed E-state index contributed by atoms with van der Waals surface area (Å²) in [6.07, 6.45) is 0. The van der Waals surface area contributed by atoms with E-state index in [2.05, 4.69) is 4.74 Å². The summed E-state index contributed by atoms with van der Waals surface area (Å²) in [6.45, 7) is 0. The number of nitrogens with zero attached hydrogens (tertiary/aromatic N) is 1. The van der Waals surface area contributed by atoms with Gasteiger partial charge in [0.25, 0.3) is 5.69 Å². The normalized spacial score (nSPS) is 9.50. The first kappa shape index (κ1) is 9.97. The van der Waals surface area contributed by atoms with Gasteiger partial charge in [0.05, 0.1) is 17.6 Å². The lowest BCUT2D eigenvalue weighted by Crippen LogP contribution is -2.04. The van der Waals surface area contributed by atoms with Gasteiger partial charge in [-0.1, -0.05) is 6.07 Å². The summed E-state index contributed by atoms with van der Waals surface area (Å²) < 4.78 is 4.35. The smallest absolute Gasteiger partial charge is 0.338 e. The molecule has 0 saturated heterocycles. The molecule has 0 atom stereocenters. The standard InChI is InChI=1S/C8H7NO5/c1-14-8(11)5-2-3-7(10)6(4-5)9(12)13/h2-4,10H,1H3/p-1.